The van der Waals surface area contributed by atoms with E-state index >= 15 is 0 Å². The number of nitrogens with one attached hydrogen (secondary N) is 1. The van der Waals surface area contributed by atoms with Gasteiger partial charge in [-0.3, -0.25) is 10.2 Å². The van der Waals surface area contributed by atoms with E-state index < -0.39 is 12.2 Å². The summed E-state index contributed by atoms with van der Waals surface area (Å²) in [4.78, 5) is 11.2. The first-order valence-corrected chi connectivity index (χ1v) is 8.13. The molecule has 0 radical (unpaired) electrons. The number of rotatable bonds is 7. The Morgan fingerprint density at radius 3 is 2.39 bits per heavy atom. The highest BCUT2D eigenvalue weighted by atomic mass is 19.4. The van der Waals surface area contributed by atoms with Crippen molar-refractivity contribution in [2.24, 2.45) is 0 Å². The molecule has 0 aromatic heterocycles. The number of nitrogens with zero attached hydrogens (tertiary/aromatic N) is 1. The number of halogens is 3. The molecule has 2 rings (SSSR count). The Morgan fingerprint density at radius 1 is 1.17 bits per heavy atom. The molecule has 23 heavy (non-hydrogen) atoms. The fourth-order valence-corrected chi connectivity index (χ4v) is 2.86. The van der Waals surface area contributed by atoms with Gasteiger partial charge in [0.25, 0.3) is 0 Å². The Kier molecular flexibility index (Phi) is 6.04. The van der Waals surface area contributed by atoms with E-state index in [-0.39, 0.29) is 24.4 Å². The minimum absolute atomic E-state index is 0.0712. The van der Waals surface area contributed by atoms with Crippen LogP contribution in [0.25, 0.3) is 0 Å². The third-order valence-corrected chi connectivity index (χ3v) is 4.08. The van der Waals surface area contributed by atoms with Crippen LogP contribution >= 0.6 is 0 Å². The summed E-state index contributed by atoms with van der Waals surface area (Å²) < 4.78 is 40.1. The average molecular weight is 328 g/mol. The van der Waals surface area contributed by atoms with Crippen LogP contribution < -0.4 is 5.43 Å². The van der Waals surface area contributed by atoms with Crippen LogP contribution in [0.5, 0.6) is 0 Å². The van der Waals surface area contributed by atoms with Crippen LogP contribution in [0.15, 0.2) is 24.3 Å². The monoisotopic (exact) mass is 328 g/mol. The standard InChI is InChI=1S/C17H23F3N2O/c1-2-3-4-5-6-13-7-9-14(10-8-13)16(17(18,19)20)22-12-11-15(23)21-22/h7-10,16H,2-6,11-12H2,1H3,(H,21,23). The Hall–Kier alpha value is -1.56. The van der Waals surface area contributed by atoms with Crippen LogP contribution in [0.2, 0.25) is 0 Å². The number of aryl methyl sites for hydroxylation is 1. The topological polar surface area (TPSA) is 32.3 Å². The first kappa shape index (κ1) is 17.8. The summed E-state index contributed by atoms with van der Waals surface area (Å²) in [6.07, 6.45) is 1.09. The average Bonchev–Trinajstić information content (AvgIpc) is 2.90. The summed E-state index contributed by atoms with van der Waals surface area (Å²) in [6.45, 7) is 2.21. The zero-order valence-corrected chi connectivity index (χ0v) is 13.3. The van der Waals surface area contributed by atoms with E-state index in [1.165, 1.54) is 18.6 Å². The van der Waals surface area contributed by atoms with Crippen molar-refractivity contribution >= 4 is 5.91 Å². The van der Waals surface area contributed by atoms with Crippen LogP contribution in [0.1, 0.15) is 56.2 Å². The third-order valence-electron chi connectivity index (χ3n) is 4.08. The highest BCUT2D eigenvalue weighted by molar-refractivity contribution is 5.77. The van der Waals surface area contributed by atoms with E-state index in [0.717, 1.165) is 36.3 Å². The van der Waals surface area contributed by atoms with Crippen molar-refractivity contribution in [3.05, 3.63) is 35.4 Å². The van der Waals surface area contributed by atoms with Crippen molar-refractivity contribution in [2.45, 2.75) is 57.7 Å². The maximum Gasteiger partial charge on any atom is 0.409 e. The van der Waals surface area contributed by atoms with Gasteiger partial charge in [0.1, 0.15) is 6.04 Å². The minimum atomic E-state index is -4.43. The van der Waals surface area contributed by atoms with Crippen LogP contribution in [0, 0.1) is 0 Å². The molecule has 0 spiro atoms. The lowest BCUT2D eigenvalue weighted by Crippen LogP contribution is -2.43. The molecule has 0 bridgehead atoms. The summed E-state index contributed by atoms with van der Waals surface area (Å²) in [6, 6.07) is 4.79. The van der Waals surface area contributed by atoms with Gasteiger partial charge in [0.2, 0.25) is 5.91 Å². The van der Waals surface area contributed by atoms with Crippen LogP contribution in [0.3, 0.4) is 0 Å². The molecule has 1 fully saturated rings. The number of unbranched alkanes of at least 4 members (excludes halogenated alkanes) is 3. The largest absolute Gasteiger partial charge is 0.409 e. The number of carbonyl (C=O) groups excluding carboxylic acids is 1. The molecule has 1 amide bonds. The van der Waals surface area contributed by atoms with Gasteiger partial charge in [-0.25, -0.2) is 5.01 Å². The van der Waals surface area contributed by atoms with Crippen molar-refractivity contribution in [3.63, 3.8) is 0 Å². The fraction of sp³-hybridized carbons (Fsp3) is 0.588. The van der Waals surface area contributed by atoms with Gasteiger partial charge >= 0.3 is 6.18 Å². The van der Waals surface area contributed by atoms with Crippen LogP contribution in [-0.2, 0) is 11.2 Å². The SMILES string of the molecule is CCCCCCc1ccc(C(N2CCC(=O)N2)C(F)(F)F)cc1. The summed E-state index contributed by atoms with van der Waals surface area (Å²) in [5, 5.41) is 0.985. The Bertz CT molecular complexity index is 514. The smallest absolute Gasteiger partial charge is 0.288 e. The molecule has 1 aliphatic rings. The van der Waals surface area contributed by atoms with Crippen molar-refractivity contribution in [2.75, 3.05) is 6.54 Å². The van der Waals surface area contributed by atoms with Gasteiger partial charge in [-0.05, 0) is 24.0 Å². The molecule has 0 aliphatic carbocycles. The third kappa shape index (κ3) is 4.96. The van der Waals surface area contributed by atoms with E-state index in [0.29, 0.717) is 0 Å². The Morgan fingerprint density at radius 2 is 1.87 bits per heavy atom. The highest BCUT2D eigenvalue weighted by Crippen LogP contribution is 2.37. The lowest BCUT2D eigenvalue weighted by atomic mass is 10.0. The predicted octanol–water partition coefficient (Wildman–Crippen LogP) is 4.15. The predicted molar refractivity (Wildman–Crippen MR) is 82.5 cm³/mol. The fourth-order valence-electron chi connectivity index (χ4n) is 2.86. The quantitative estimate of drug-likeness (QED) is 0.763. The van der Waals surface area contributed by atoms with Gasteiger partial charge in [-0.2, -0.15) is 13.2 Å². The maximum atomic E-state index is 13.4. The van der Waals surface area contributed by atoms with Gasteiger partial charge in [0.05, 0.1) is 0 Å². The molecule has 0 saturated carbocycles. The molecular weight excluding hydrogens is 305 g/mol. The molecule has 3 nitrogen and oxygen atoms in total. The number of carbonyl (C=O) groups is 1. The molecule has 1 N–H and O–H groups in total. The van der Waals surface area contributed by atoms with Crippen LogP contribution in [-0.4, -0.2) is 23.6 Å². The zero-order chi connectivity index (χ0) is 16.9. The molecule has 1 atom stereocenters. The molecule has 1 heterocycles. The van der Waals surface area contributed by atoms with E-state index in [2.05, 4.69) is 12.3 Å². The lowest BCUT2D eigenvalue weighted by Gasteiger charge is -2.29. The molecule has 1 aromatic rings. The Labute approximate surface area is 134 Å². The summed E-state index contributed by atoms with van der Waals surface area (Å²) in [5.41, 5.74) is 3.51. The molecule has 1 saturated heterocycles. The Balaban J connectivity index is 2.06. The summed E-state index contributed by atoms with van der Waals surface area (Å²) in [5.74, 6) is -0.369. The first-order chi connectivity index (χ1) is 10.9. The molecule has 1 unspecified atom stereocenters. The van der Waals surface area contributed by atoms with Crippen molar-refractivity contribution in [1.29, 1.82) is 0 Å². The molecule has 128 valence electrons. The van der Waals surface area contributed by atoms with Crippen molar-refractivity contribution in [3.8, 4) is 0 Å². The molecule has 1 aliphatic heterocycles. The van der Waals surface area contributed by atoms with Crippen molar-refractivity contribution in [1.82, 2.24) is 10.4 Å². The molecule has 6 heteroatoms. The molecular formula is C17H23F3N2O. The lowest BCUT2D eigenvalue weighted by molar-refractivity contribution is -0.191. The van der Waals surface area contributed by atoms with Crippen LogP contribution in [0.4, 0.5) is 13.2 Å². The highest BCUT2D eigenvalue weighted by Gasteiger charge is 2.46. The van der Waals surface area contributed by atoms with E-state index in [1.54, 1.807) is 12.1 Å². The summed E-state index contributed by atoms with van der Waals surface area (Å²) in [7, 11) is 0. The van der Waals surface area contributed by atoms with Gasteiger partial charge in [-0.1, -0.05) is 50.5 Å². The number of hydrazine groups is 1. The first-order valence-electron chi connectivity index (χ1n) is 8.13. The number of hydrogen-bond donors (Lipinski definition) is 1. The van der Waals surface area contributed by atoms with E-state index in [1.807, 2.05) is 0 Å². The van der Waals surface area contributed by atoms with Crippen molar-refractivity contribution < 1.29 is 18.0 Å². The number of amides is 1. The van der Waals surface area contributed by atoms with E-state index in [4.69, 9.17) is 0 Å². The second-order valence-electron chi connectivity index (χ2n) is 5.97. The van der Waals surface area contributed by atoms with E-state index in [9.17, 15) is 18.0 Å². The zero-order valence-electron chi connectivity index (χ0n) is 13.3. The number of alkyl halides is 3. The second kappa shape index (κ2) is 7.81. The number of benzene rings is 1. The minimum Gasteiger partial charge on any atom is -0.288 e. The second-order valence-corrected chi connectivity index (χ2v) is 5.97. The molecule has 1 aromatic carbocycles. The normalized spacial score (nSPS) is 17.3. The number of hydrogen-bond acceptors (Lipinski definition) is 2. The maximum absolute atomic E-state index is 13.4. The van der Waals surface area contributed by atoms with Gasteiger partial charge in [0.15, 0.2) is 0 Å². The summed E-state index contributed by atoms with van der Waals surface area (Å²) >= 11 is 0. The van der Waals surface area contributed by atoms with Gasteiger partial charge in [-0.15, -0.1) is 0 Å². The van der Waals surface area contributed by atoms with Gasteiger partial charge in [0, 0.05) is 13.0 Å². The van der Waals surface area contributed by atoms with Gasteiger partial charge < -0.3 is 0 Å².